The van der Waals surface area contributed by atoms with E-state index < -0.39 is 23.7 Å². The van der Waals surface area contributed by atoms with Crippen molar-refractivity contribution in [3.05, 3.63) is 69.8 Å². The van der Waals surface area contributed by atoms with E-state index >= 15 is 0 Å². The molecule has 0 atom stereocenters. The van der Waals surface area contributed by atoms with Crippen molar-refractivity contribution in [3.63, 3.8) is 0 Å². The smallest absolute Gasteiger partial charge is 0.417 e. The second kappa shape index (κ2) is 8.31. The summed E-state index contributed by atoms with van der Waals surface area (Å²) in [6.45, 7) is 0. The van der Waals surface area contributed by atoms with Crippen LogP contribution in [0.2, 0.25) is 0 Å². The van der Waals surface area contributed by atoms with E-state index in [-0.39, 0.29) is 27.0 Å². The molecule has 0 radical (unpaired) electrons. The molecule has 1 aromatic heterocycles. The summed E-state index contributed by atoms with van der Waals surface area (Å²) in [6, 6.07) is 11.7. The maximum Gasteiger partial charge on any atom is 0.417 e. The quantitative estimate of drug-likeness (QED) is 0.495. The van der Waals surface area contributed by atoms with E-state index in [2.05, 4.69) is 21.0 Å². The Balaban J connectivity index is 2.40. The van der Waals surface area contributed by atoms with Crippen molar-refractivity contribution in [1.29, 1.82) is 0 Å². The van der Waals surface area contributed by atoms with Crippen LogP contribution in [0.15, 0.2) is 53.0 Å². The summed E-state index contributed by atoms with van der Waals surface area (Å²) in [5.41, 5.74) is -1.33. The van der Waals surface area contributed by atoms with E-state index in [9.17, 15) is 22.8 Å². The van der Waals surface area contributed by atoms with Gasteiger partial charge in [-0.15, -0.1) is 0 Å². The number of hydrogen-bond acceptors (Lipinski definition) is 5. The predicted molar refractivity (Wildman–Crippen MR) is 104 cm³/mol. The van der Waals surface area contributed by atoms with E-state index in [1.165, 1.54) is 12.1 Å². The van der Waals surface area contributed by atoms with Crippen molar-refractivity contribution >= 4 is 27.9 Å². The van der Waals surface area contributed by atoms with Gasteiger partial charge >= 0.3 is 18.1 Å². The van der Waals surface area contributed by atoms with Crippen molar-refractivity contribution in [2.45, 2.75) is 6.18 Å². The van der Waals surface area contributed by atoms with Gasteiger partial charge in [0.1, 0.15) is 11.3 Å². The van der Waals surface area contributed by atoms with Crippen LogP contribution in [-0.4, -0.2) is 35.9 Å². The lowest BCUT2D eigenvalue weighted by molar-refractivity contribution is -0.138. The summed E-state index contributed by atoms with van der Waals surface area (Å²) < 4.78 is 50.5. The summed E-state index contributed by atoms with van der Waals surface area (Å²) in [7, 11) is 2.21. The second-order valence-corrected chi connectivity index (χ2v) is 6.76. The van der Waals surface area contributed by atoms with Crippen LogP contribution in [0.1, 0.15) is 26.4 Å². The number of ether oxygens (including phenoxy) is 2. The lowest BCUT2D eigenvalue weighted by Crippen LogP contribution is -2.15. The summed E-state index contributed by atoms with van der Waals surface area (Å²) in [4.78, 5) is 25.1. The molecule has 0 aliphatic heterocycles. The molecule has 156 valence electrons. The normalized spacial score (nSPS) is 11.3. The first-order valence-corrected chi connectivity index (χ1v) is 9.21. The monoisotopic (exact) mass is 482 g/mol. The number of para-hydroxylation sites is 1. The molecule has 0 unspecified atom stereocenters. The largest absolute Gasteiger partial charge is 0.465 e. The van der Waals surface area contributed by atoms with Crippen LogP contribution in [0, 0.1) is 0 Å². The number of aromatic nitrogens is 2. The average Bonchev–Trinajstić information content (AvgIpc) is 3.13. The van der Waals surface area contributed by atoms with Gasteiger partial charge in [-0.3, -0.25) is 0 Å². The van der Waals surface area contributed by atoms with Gasteiger partial charge < -0.3 is 9.47 Å². The summed E-state index contributed by atoms with van der Waals surface area (Å²) in [5, 5.41) is 4.29. The maximum absolute atomic E-state index is 13.4. The molecule has 3 aromatic rings. The molecule has 0 aliphatic rings. The van der Waals surface area contributed by atoms with Crippen LogP contribution in [0.5, 0.6) is 0 Å². The molecule has 0 bridgehead atoms. The minimum Gasteiger partial charge on any atom is -0.465 e. The van der Waals surface area contributed by atoms with Crippen molar-refractivity contribution in [3.8, 4) is 16.9 Å². The number of alkyl halides is 3. The predicted octanol–water partition coefficient (Wildman–Crippen LogP) is 4.89. The van der Waals surface area contributed by atoms with Crippen LogP contribution in [0.3, 0.4) is 0 Å². The molecular formula is C20H14BrF3N2O4. The third-order valence-electron chi connectivity index (χ3n) is 4.21. The summed E-state index contributed by atoms with van der Waals surface area (Å²) in [5.74, 6) is -1.85. The van der Waals surface area contributed by atoms with E-state index in [0.717, 1.165) is 25.0 Å². The lowest BCUT2D eigenvalue weighted by Gasteiger charge is -2.12. The maximum atomic E-state index is 13.4. The van der Waals surface area contributed by atoms with E-state index in [4.69, 9.17) is 9.47 Å². The molecular weight excluding hydrogens is 469 g/mol. The van der Waals surface area contributed by atoms with Crippen molar-refractivity contribution < 1.29 is 32.2 Å². The third kappa shape index (κ3) is 3.82. The molecule has 6 nitrogen and oxygen atoms in total. The van der Waals surface area contributed by atoms with E-state index in [1.807, 2.05) is 0 Å². The minimum absolute atomic E-state index is 0.0370. The number of carbonyl (C=O) groups excluding carboxylic acids is 2. The van der Waals surface area contributed by atoms with Gasteiger partial charge in [0.15, 0.2) is 5.69 Å². The number of esters is 2. The molecule has 0 aliphatic carbocycles. The minimum atomic E-state index is -4.65. The molecule has 2 aromatic carbocycles. The summed E-state index contributed by atoms with van der Waals surface area (Å²) in [6.07, 6.45) is -4.65. The Labute approximate surface area is 177 Å². The van der Waals surface area contributed by atoms with Gasteiger partial charge in [-0.25, -0.2) is 14.3 Å². The van der Waals surface area contributed by atoms with Gasteiger partial charge in [0.2, 0.25) is 0 Å². The molecule has 0 saturated heterocycles. The second-order valence-electron chi connectivity index (χ2n) is 5.97. The molecule has 0 saturated carbocycles. The topological polar surface area (TPSA) is 70.4 Å². The highest BCUT2D eigenvalue weighted by molar-refractivity contribution is 9.10. The number of hydrogen-bond donors (Lipinski definition) is 0. The fourth-order valence-electron chi connectivity index (χ4n) is 2.88. The van der Waals surface area contributed by atoms with Gasteiger partial charge in [0.25, 0.3) is 0 Å². The number of nitrogens with zero attached hydrogens (tertiary/aromatic N) is 2. The van der Waals surface area contributed by atoms with Gasteiger partial charge in [-0.1, -0.05) is 30.3 Å². The van der Waals surface area contributed by atoms with Crippen LogP contribution in [-0.2, 0) is 15.7 Å². The number of methoxy groups -OCH3 is 2. The molecule has 0 spiro atoms. The molecule has 1 heterocycles. The lowest BCUT2D eigenvalue weighted by atomic mass is 10.0. The average molecular weight is 483 g/mol. The number of halogens is 4. The van der Waals surface area contributed by atoms with E-state index in [0.29, 0.717) is 5.69 Å². The Morgan fingerprint density at radius 2 is 1.60 bits per heavy atom. The zero-order valence-electron chi connectivity index (χ0n) is 15.7. The Morgan fingerprint density at radius 1 is 0.967 bits per heavy atom. The first kappa shape index (κ1) is 21.6. The van der Waals surface area contributed by atoms with E-state index in [1.54, 1.807) is 30.3 Å². The first-order chi connectivity index (χ1) is 14.2. The Hall–Kier alpha value is -3.14. The van der Waals surface area contributed by atoms with Crippen molar-refractivity contribution in [1.82, 2.24) is 9.78 Å². The molecule has 30 heavy (non-hydrogen) atoms. The number of carbonyl (C=O) groups is 2. The Bertz CT molecular complexity index is 1110. The zero-order valence-corrected chi connectivity index (χ0v) is 17.2. The number of rotatable bonds is 4. The van der Waals surface area contributed by atoms with Gasteiger partial charge in [-0.05, 0) is 34.1 Å². The zero-order chi connectivity index (χ0) is 22.1. The van der Waals surface area contributed by atoms with Crippen molar-refractivity contribution in [2.24, 2.45) is 0 Å². The number of benzene rings is 2. The molecule has 0 fully saturated rings. The SMILES string of the molecule is COC(=O)c1c(-c2cccc(C(F)(F)F)c2Br)nn(-c2ccccc2)c1C(=O)OC. The molecule has 0 amide bonds. The fraction of sp³-hybridized carbons (Fsp3) is 0.150. The molecule has 0 N–H and O–H groups in total. The van der Waals surface area contributed by atoms with Gasteiger partial charge in [0.05, 0.1) is 25.5 Å². The highest BCUT2D eigenvalue weighted by Crippen LogP contribution is 2.41. The van der Waals surface area contributed by atoms with Gasteiger partial charge in [0, 0.05) is 10.0 Å². The summed E-state index contributed by atoms with van der Waals surface area (Å²) >= 11 is 2.97. The van der Waals surface area contributed by atoms with Gasteiger partial charge in [-0.2, -0.15) is 18.3 Å². The van der Waals surface area contributed by atoms with Crippen LogP contribution in [0.25, 0.3) is 16.9 Å². The molecule has 3 rings (SSSR count). The Kier molecular flexibility index (Phi) is 5.97. The van der Waals surface area contributed by atoms with Crippen LogP contribution < -0.4 is 0 Å². The highest BCUT2D eigenvalue weighted by atomic mass is 79.9. The standard InChI is InChI=1S/C20H14BrF3N2O4/c1-29-18(27)14-16(12-9-6-10-13(15(12)21)20(22,23)24)25-26(17(14)19(28)30-2)11-7-4-3-5-8-11/h3-10H,1-2H3. The fourth-order valence-corrected chi connectivity index (χ4v) is 3.55. The third-order valence-corrected chi connectivity index (χ3v) is 5.07. The van der Waals surface area contributed by atoms with Crippen LogP contribution in [0.4, 0.5) is 13.2 Å². The highest BCUT2D eigenvalue weighted by Gasteiger charge is 2.36. The molecule has 10 heteroatoms. The van der Waals surface area contributed by atoms with Crippen molar-refractivity contribution in [2.75, 3.05) is 14.2 Å². The van der Waals surface area contributed by atoms with Crippen LogP contribution >= 0.6 is 15.9 Å². The Morgan fingerprint density at radius 3 is 2.17 bits per heavy atom. The first-order valence-electron chi connectivity index (χ1n) is 8.41.